The number of aryl methyl sites for hydroxylation is 1. The van der Waals surface area contributed by atoms with Crippen molar-refractivity contribution < 1.29 is 4.39 Å². The van der Waals surface area contributed by atoms with Crippen molar-refractivity contribution in [3.8, 4) is 0 Å². The van der Waals surface area contributed by atoms with Gasteiger partial charge >= 0.3 is 0 Å². The second-order valence-electron chi connectivity index (χ2n) is 2.86. The SMILES string of the molecule is Cc1c(F)cc(I)c2ncccc12. The minimum absolute atomic E-state index is 0.162. The summed E-state index contributed by atoms with van der Waals surface area (Å²) in [4.78, 5) is 4.21. The summed E-state index contributed by atoms with van der Waals surface area (Å²) in [5, 5.41) is 0.895. The molecule has 0 spiro atoms. The van der Waals surface area contributed by atoms with Crippen LogP contribution < -0.4 is 0 Å². The molecule has 0 saturated carbocycles. The molecule has 3 heteroatoms. The lowest BCUT2D eigenvalue weighted by molar-refractivity contribution is 0.620. The predicted molar refractivity (Wildman–Crippen MR) is 59.2 cm³/mol. The average molecular weight is 287 g/mol. The van der Waals surface area contributed by atoms with Crippen LogP contribution in [0.1, 0.15) is 5.56 Å². The number of aromatic nitrogens is 1. The van der Waals surface area contributed by atoms with Crippen molar-refractivity contribution >= 4 is 33.5 Å². The Morgan fingerprint density at radius 3 is 3.00 bits per heavy atom. The highest BCUT2D eigenvalue weighted by molar-refractivity contribution is 14.1. The molecular formula is C10H7FIN. The van der Waals surface area contributed by atoms with Crippen molar-refractivity contribution in [3.05, 3.63) is 39.3 Å². The van der Waals surface area contributed by atoms with Gasteiger partial charge in [0.05, 0.1) is 5.52 Å². The second-order valence-corrected chi connectivity index (χ2v) is 4.03. The van der Waals surface area contributed by atoms with Crippen molar-refractivity contribution in [1.29, 1.82) is 0 Å². The van der Waals surface area contributed by atoms with Crippen molar-refractivity contribution in [1.82, 2.24) is 4.98 Å². The average Bonchev–Trinajstić information content (AvgIpc) is 2.15. The molecule has 1 heterocycles. The zero-order valence-corrected chi connectivity index (χ0v) is 9.17. The Balaban J connectivity index is 2.97. The van der Waals surface area contributed by atoms with Crippen molar-refractivity contribution in [3.63, 3.8) is 0 Å². The Bertz CT molecular complexity index is 468. The Labute approximate surface area is 89.1 Å². The number of pyridine rings is 1. The smallest absolute Gasteiger partial charge is 0.127 e. The number of rotatable bonds is 0. The quantitative estimate of drug-likeness (QED) is 0.678. The molecule has 0 aliphatic carbocycles. The molecule has 0 saturated heterocycles. The van der Waals surface area contributed by atoms with Gasteiger partial charge in [0.1, 0.15) is 5.82 Å². The topological polar surface area (TPSA) is 12.9 Å². The van der Waals surface area contributed by atoms with E-state index in [1.54, 1.807) is 13.1 Å². The number of nitrogens with zero attached hydrogens (tertiary/aromatic N) is 1. The first kappa shape index (κ1) is 8.87. The summed E-state index contributed by atoms with van der Waals surface area (Å²) in [6, 6.07) is 5.24. The molecule has 0 amide bonds. The van der Waals surface area contributed by atoms with Gasteiger partial charge in [-0.25, -0.2) is 4.39 Å². The van der Waals surface area contributed by atoms with Crippen LogP contribution in [0.2, 0.25) is 0 Å². The molecule has 1 aromatic carbocycles. The predicted octanol–water partition coefficient (Wildman–Crippen LogP) is 3.29. The van der Waals surface area contributed by atoms with Crippen LogP contribution in [0.4, 0.5) is 4.39 Å². The third-order valence-corrected chi connectivity index (χ3v) is 2.87. The van der Waals surface area contributed by atoms with E-state index >= 15 is 0 Å². The van der Waals surface area contributed by atoms with E-state index in [0.717, 1.165) is 14.5 Å². The van der Waals surface area contributed by atoms with Gasteiger partial charge < -0.3 is 0 Å². The summed E-state index contributed by atoms with van der Waals surface area (Å²) in [6.45, 7) is 1.77. The maximum atomic E-state index is 13.3. The Kier molecular flexibility index (Phi) is 2.19. The number of benzene rings is 1. The molecule has 0 N–H and O–H groups in total. The first-order valence-corrected chi connectivity index (χ1v) is 4.97. The molecule has 0 radical (unpaired) electrons. The third kappa shape index (κ3) is 1.41. The lowest BCUT2D eigenvalue weighted by Crippen LogP contribution is -1.90. The molecule has 2 aromatic rings. The molecule has 0 unspecified atom stereocenters. The minimum atomic E-state index is -0.162. The molecule has 13 heavy (non-hydrogen) atoms. The van der Waals surface area contributed by atoms with Gasteiger partial charge in [0, 0.05) is 15.2 Å². The number of fused-ring (bicyclic) bond motifs is 1. The molecule has 0 aliphatic heterocycles. The Hall–Kier alpha value is -0.710. The summed E-state index contributed by atoms with van der Waals surface area (Å²) in [6.07, 6.45) is 1.72. The first-order valence-electron chi connectivity index (χ1n) is 3.89. The van der Waals surface area contributed by atoms with Gasteiger partial charge in [0.15, 0.2) is 0 Å². The van der Waals surface area contributed by atoms with Crippen molar-refractivity contribution in [2.24, 2.45) is 0 Å². The fraction of sp³-hybridized carbons (Fsp3) is 0.100. The summed E-state index contributed by atoms with van der Waals surface area (Å²) in [5.74, 6) is -0.162. The van der Waals surface area contributed by atoms with Gasteiger partial charge in [0.2, 0.25) is 0 Å². The van der Waals surface area contributed by atoms with Crippen molar-refractivity contribution in [2.45, 2.75) is 6.92 Å². The van der Waals surface area contributed by atoms with Crippen molar-refractivity contribution in [2.75, 3.05) is 0 Å². The lowest BCUT2D eigenvalue weighted by atomic mass is 10.1. The highest BCUT2D eigenvalue weighted by atomic mass is 127. The monoisotopic (exact) mass is 287 g/mol. The van der Waals surface area contributed by atoms with Crippen LogP contribution >= 0.6 is 22.6 Å². The molecule has 0 aliphatic rings. The van der Waals surface area contributed by atoms with Gasteiger partial charge in [0.25, 0.3) is 0 Å². The van der Waals surface area contributed by atoms with Crippen LogP contribution in [0.25, 0.3) is 10.9 Å². The Morgan fingerprint density at radius 1 is 1.46 bits per heavy atom. The third-order valence-electron chi connectivity index (χ3n) is 2.05. The molecule has 66 valence electrons. The number of hydrogen-bond acceptors (Lipinski definition) is 1. The molecule has 2 rings (SSSR count). The Morgan fingerprint density at radius 2 is 2.23 bits per heavy atom. The van der Waals surface area contributed by atoms with E-state index in [2.05, 4.69) is 27.6 Å². The number of halogens is 2. The molecule has 1 nitrogen and oxygen atoms in total. The maximum absolute atomic E-state index is 13.3. The normalized spacial score (nSPS) is 10.7. The molecular weight excluding hydrogens is 280 g/mol. The van der Waals surface area contributed by atoms with Gasteiger partial charge in [-0.3, -0.25) is 4.98 Å². The fourth-order valence-electron chi connectivity index (χ4n) is 1.31. The van der Waals surface area contributed by atoms with Crippen LogP contribution in [0.15, 0.2) is 24.4 Å². The summed E-state index contributed by atoms with van der Waals surface area (Å²) in [7, 11) is 0. The summed E-state index contributed by atoms with van der Waals surface area (Å²) >= 11 is 2.10. The van der Waals surface area contributed by atoms with Crippen LogP contribution in [-0.4, -0.2) is 4.98 Å². The summed E-state index contributed by atoms with van der Waals surface area (Å²) in [5.41, 5.74) is 1.55. The van der Waals surface area contributed by atoms with Gasteiger partial charge in [-0.05, 0) is 47.2 Å². The highest BCUT2D eigenvalue weighted by Gasteiger charge is 2.06. The van der Waals surface area contributed by atoms with Gasteiger partial charge in [-0.2, -0.15) is 0 Å². The summed E-state index contributed by atoms with van der Waals surface area (Å²) < 4.78 is 14.1. The van der Waals surface area contributed by atoms with E-state index in [-0.39, 0.29) is 5.82 Å². The van der Waals surface area contributed by atoms with Gasteiger partial charge in [-0.15, -0.1) is 0 Å². The molecule has 0 fully saturated rings. The first-order chi connectivity index (χ1) is 6.20. The van der Waals surface area contributed by atoms with E-state index in [0.29, 0.717) is 5.56 Å². The number of hydrogen-bond donors (Lipinski definition) is 0. The fourth-order valence-corrected chi connectivity index (χ4v) is 2.02. The van der Waals surface area contributed by atoms with E-state index in [4.69, 9.17) is 0 Å². The largest absolute Gasteiger partial charge is 0.255 e. The molecule has 0 atom stereocenters. The maximum Gasteiger partial charge on any atom is 0.127 e. The zero-order chi connectivity index (χ0) is 9.42. The molecule has 0 bridgehead atoms. The van der Waals surface area contributed by atoms with E-state index in [1.807, 2.05) is 12.1 Å². The zero-order valence-electron chi connectivity index (χ0n) is 7.01. The standard InChI is InChI=1S/C10H7FIN/c1-6-7-3-2-4-13-10(7)9(12)5-8(6)11/h2-5H,1H3. The molecule has 1 aromatic heterocycles. The lowest BCUT2D eigenvalue weighted by Gasteiger charge is -2.03. The van der Waals surface area contributed by atoms with Crippen LogP contribution in [-0.2, 0) is 0 Å². The van der Waals surface area contributed by atoms with E-state index in [9.17, 15) is 4.39 Å². The highest BCUT2D eigenvalue weighted by Crippen LogP contribution is 2.23. The van der Waals surface area contributed by atoms with Crippen LogP contribution in [0.5, 0.6) is 0 Å². The van der Waals surface area contributed by atoms with Crippen LogP contribution in [0, 0.1) is 16.3 Å². The van der Waals surface area contributed by atoms with Gasteiger partial charge in [-0.1, -0.05) is 6.07 Å². The van der Waals surface area contributed by atoms with Crippen LogP contribution in [0.3, 0.4) is 0 Å². The second kappa shape index (κ2) is 3.21. The van der Waals surface area contributed by atoms with E-state index in [1.165, 1.54) is 6.07 Å². The van der Waals surface area contributed by atoms with E-state index < -0.39 is 0 Å². The minimum Gasteiger partial charge on any atom is -0.255 e.